The summed E-state index contributed by atoms with van der Waals surface area (Å²) in [5.41, 5.74) is 3.91. The molecule has 0 bridgehead atoms. The summed E-state index contributed by atoms with van der Waals surface area (Å²) in [7, 11) is -0.361. The monoisotopic (exact) mass is 594 g/mol. The maximum atomic E-state index is 15.8. The normalized spacial score (nSPS) is 11.1. The zero-order chi connectivity index (χ0) is 30.5. The van der Waals surface area contributed by atoms with Crippen molar-refractivity contribution in [2.75, 3.05) is 14.2 Å². The molecule has 0 radical (unpaired) electrons. The summed E-state index contributed by atoms with van der Waals surface area (Å²) in [6.07, 6.45) is 0. The maximum Gasteiger partial charge on any atom is 0.201 e. The lowest BCUT2D eigenvalue weighted by Crippen LogP contribution is -2.27. The first-order valence-electron chi connectivity index (χ1n) is 14.3. The van der Waals surface area contributed by atoms with Gasteiger partial charge in [0.1, 0.15) is 17.1 Å². The second-order valence-electron chi connectivity index (χ2n) is 10.3. The molecule has 6 aromatic rings. The van der Waals surface area contributed by atoms with Gasteiger partial charge >= 0.3 is 0 Å². The Morgan fingerprint density at radius 2 is 0.932 bits per heavy atom. The van der Waals surface area contributed by atoms with E-state index in [9.17, 15) is 4.79 Å². The molecule has 0 fully saturated rings. The van der Waals surface area contributed by atoms with Crippen LogP contribution in [-0.2, 0) is 4.57 Å². The van der Waals surface area contributed by atoms with Crippen LogP contribution in [-0.4, -0.2) is 20.0 Å². The molecule has 0 N–H and O–H groups in total. The number of carbonyl (C=O) groups is 1. The number of carbonyl (C=O) groups excluding carboxylic acids is 1. The van der Waals surface area contributed by atoms with Gasteiger partial charge in [-0.2, -0.15) is 0 Å². The van der Waals surface area contributed by atoms with Gasteiger partial charge in [-0.05, 0) is 35.4 Å². The lowest BCUT2D eigenvalue weighted by atomic mass is 9.87. The molecule has 0 saturated heterocycles. The third-order valence-corrected chi connectivity index (χ3v) is 10.9. The van der Waals surface area contributed by atoms with Gasteiger partial charge < -0.3 is 14.0 Å². The Morgan fingerprint density at radius 1 is 0.500 bits per heavy atom. The summed E-state index contributed by atoms with van der Waals surface area (Å²) in [5.74, 6) is 0.576. The summed E-state index contributed by atoms with van der Waals surface area (Å²) in [4.78, 5) is 14.7. The SMILES string of the molecule is COc1cccc(OC)c1C(=O)c1ccc(P(=O)(c2ccccc2)c2ccccc2)c(-c2ccccc2)c1-c1ccccc1. The van der Waals surface area contributed by atoms with E-state index in [2.05, 4.69) is 0 Å². The highest BCUT2D eigenvalue weighted by atomic mass is 31.2. The van der Waals surface area contributed by atoms with Crippen LogP contribution >= 0.6 is 7.14 Å². The van der Waals surface area contributed by atoms with Gasteiger partial charge in [-0.1, -0.05) is 127 Å². The minimum atomic E-state index is -3.44. The van der Waals surface area contributed by atoms with Crippen molar-refractivity contribution in [3.05, 3.63) is 163 Å². The van der Waals surface area contributed by atoms with E-state index in [0.29, 0.717) is 44.1 Å². The largest absolute Gasteiger partial charge is 0.496 e. The summed E-state index contributed by atoms with van der Waals surface area (Å²) in [6.45, 7) is 0. The molecular weight excluding hydrogens is 563 g/mol. The number of hydrogen-bond acceptors (Lipinski definition) is 4. The van der Waals surface area contributed by atoms with Gasteiger partial charge in [0.25, 0.3) is 0 Å². The lowest BCUT2D eigenvalue weighted by Gasteiger charge is -2.26. The summed E-state index contributed by atoms with van der Waals surface area (Å²) >= 11 is 0. The van der Waals surface area contributed by atoms with E-state index in [0.717, 1.165) is 16.7 Å². The standard InChI is InChI=1S/C39H31O4P/c1-42-33-24-15-25-34(43-2)38(33)39(40)32-26-27-35(44(41,30-20-11-5-12-21-30)31-22-13-6-14-23-31)37(29-18-9-4-10-19-29)36(32)28-16-7-3-8-17-28/h3-27H,1-2H3. The third-order valence-electron chi connectivity index (χ3n) is 7.79. The van der Waals surface area contributed by atoms with E-state index in [-0.39, 0.29) is 5.78 Å². The van der Waals surface area contributed by atoms with Crippen molar-refractivity contribution >= 4 is 28.8 Å². The van der Waals surface area contributed by atoms with E-state index >= 15 is 4.57 Å². The minimum absolute atomic E-state index is 0.254. The molecule has 6 aromatic carbocycles. The van der Waals surface area contributed by atoms with Crippen molar-refractivity contribution < 1.29 is 18.8 Å². The minimum Gasteiger partial charge on any atom is -0.496 e. The van der Waals surface area contributed by atoms with Gasteiger partial charge in [0.05, 0.1) is 14.2 Å². The van der Waals surface area contributed by atoms with Crippen molar-refractivity contribution in [3.63, 3.8) is 0 Å². The first-order chi connectivity index (χ1) is 21.6. The van der Waals surface area contributed by atoms with Crippen LogP contribution in [0.5, 0.6) is 11.5 Å². The van der Waals surface area contributed by atoms with Crippen molar-refractivity contribution in [3.8, 4) is 33.8 Å². The lowest BCUT2D eigenvalue weighted by molar-refractivity contribution is 0.103. The van der Waals surface area contributed by atoms with Crippen molar-refractivity contribution in [1.29, 1.82) is 0 Å². The van der Waals surface area contributed by atoms with Gasteiger partial charge in [0.15, 0.2) is 7.14 Å². The van der Waals surface area contributed by atoms with Crippen molar-refractivity contribution in [2.45, 2.75) is 0 Å². The highest BCUT2D eigenvalue weighted by Crippen LogP contribution is 2.49. The molecule has 44 heavy (non-hydrogen) atoms. The quantitative estimate of drug-likeness (QED) is 0.126. The van der Waals surface area contributed by atoms with E-state index in [4.69, 9.17) is 9.47 Å². The Bertz CT molecular complexity index is 1890. The zero-order valence-corrected chi connectivity index (χ0v) is 25.4. The molecule has 0 saturated carbocycles. The molecule has 5 heteroatoms. The zero-order valence-electron chi connectivity index (χ0n) is 24.5. The van der Waals surface area contributed by atoms with Crippen LogP contribution in [0, 0.1) is 0 Å². The molecule has 0 aliphatic rings. The van der Waals surface area contributed by atoms with Crippen LogP contribution in [0.1, 0.15) is 15.9 Å². The van der Waals surface area contributed by atoms with Crippen molar-refractivity contribution in [2.24, 2.45) is 0 Å². The van der Waals surface area contributed by atoms with E-state index in [1.165, 1.54) is 14.2 Å². The highest BCUT2D eigenvalue weighted by Gasteiger charge is 2.35. The van der Waals surface area contributed by atoms with Crippen LogP contribution in [0.15, 0.2) is 152 Å². The fourth-order valence-corrected chi connectivity index (χ4v) is 8.64. The van der Waals surface area contributed by atoms with Crippen molar-refractivity contribution in [1.82, 2.24) is 0 Å². The molecule has 0 aliphatic heterocycles. The smallest absolute Gasteiger partial charge is 0.201 e. The molecule has 0 heterocycles. The Hall–Kier alpha value is -5.18. The van der Waals surface area contributed by atoms with Crippen LogP contribution in [0.4, 0.5) is 0 Å². The molecule has 6 rings (SSSR count). The van der Waals surface area contributed by atoms with Crippen LogP contribution in [0.3, 0.4) is 0 Å². The number of hydrogen-bond donors (Lipinski definition) is 0. The summed E-state index contributed by atoms with van der Waals surface area (Å²) in [6, 6.07) is 47.8. The number of rotatable bonds is 9. The highest BCUT2D eigenvalue weighted by molar-refractivity contribution is 7.85. The van der Waals surface area contributed by atoms with Gasteiger partial charge in [-0.3, -0.25) is 4.79 Å². The molecule has 216 valence electrons. The fraction of sp³-hybridized carbons (Fsp3) is 0.0513. The van der Waals surface area contributed by atoms with Gasteiger partial charge in [0.2, 0.25) is 5.78 Å². The van der Waals surface area contributed by atoms with Crippen LogP contribution < -0.4 is 25.4 Å². The van der Waals surface area contributed by atoms with E-state index in [1.807, 2.05) is 127 Å². The number of ketones is 1. The topological polar surface area (TPSA) is 52.6 Å². The Kier molecular flexibility index (Phi) is 8.27. The molecular formula is C39H31O4P. The predicted octanol–water partition coefficient (Wildman–Crippen LogP) is 7.91. The molecule has 0 atom stereocenters. The fourth-order valence-electron chi connectivity index (χ4n) is 5.76. The molecule has 0 unspecified atom stereocenters. The van der Waals surface area contributed by atoms with E-state index < -0.39 is 7.14 Å². The molecule has 4 nitrogen and oxygen atoms in total. The summed E-state index contributed by atoms with van der Waals surface area (Å²) in [5, 5.41) is 2.09. The van der Waals surface area contributed by atoms with Gasteiger partial charge in [0, 0.05) is 32.6 Å². The molecule has 0 spiro atoms. The van der Waals surface area contributed by atoms with Gasteiger partial charge in [-0.15, -0.1) is 0 Å². The second-order valence-corrected chi connectivity index (χ2v) is 13.0. The second kappa shape index (κ2) is 12.6. The van der Waals surface area contributed by atoms with Gasteiger partial charge in [-0.25, -0.2) is 0 Å². The first-order valence-corrected chi connectivity index (χ1v) is 16.0. The van der Waals surface area contributed by atoms with Crippen LogP contribution in [0.2, 0.25) is 0 Å². The number of benzene rings is 6. The predicted molar refractivity (Wildman–Crippen MR) is 180 cm³/mol. The Balaban J connectivity index is 1.77. The first kappa shape index (κ1) is 28.9. The molecule has 0 aromatic heterocycles. The van der Waals surface area contributed by atoms with E-state index in [1.54, 1.807) is 24.3 Å². The average Bonchev–Trinajstić information content (AvgIpc) is 3.11. The molecule has 0 amide bonds. The maximum absolute atomic E-state index is 15.8. The number of ether oxygens (including phenoxy) is 2. The molecule has 0 aliphatic carbocycles. The summed E-state index contributed by atoms with van der Waals surface area (Å²) < 4.78 is 27.1. The number of methoxy groups -OCH3 is 2. The van der Waals surface area contributed by atoms with Crippen LogP contribution in [0.25, 0.3) is 22.3 Å². The Labute approximate surface area is 257 Å². The Morgan fingerprint density at radius 3 is 1.39 bits per heavy atom. The average molecular weight is 595 g/mol. The third kappa shape index (κ3) is 5.15.